The van der Waals surface area contributed by atoms with Crippen LogP contribution in [0.2, 0.25) is 0 Å². The number of hydrogen-bond acceptors (Lipinski definition) is 5. The minimum absolute atomic E-state index is 0.233. The molecule has 0 atom stereocenters. The molecule has 0 bridgehead atoms. The number of sulfonamides is 1. The van der Waals surface area contributed by atoms with Gasteiger partial charge in [0.05, 0.1) is 38.0 Å². The molecule has 8 heteroatoms. The maximum atomic E-state index is 12.4. The first kappa shape index (κ1) is 16.9. The second-order valence-corrected chi connectivity index (χ2v) is 7.44. The molecule has 0 fully saturated rings. The molecule has 1 aromatic heterocycles. The predicted molar refractivity (Wildman–Crippen MR) is 88.5 cm³/mol. The standard InChI is InChI=1S/C16H21N3O4S/c1-12-9-14(3-4-16(12)22-2)24(20,21)18-6-7-19-15-5-8-23-11-13(15)10-17-19/h3-4,9-10,18H,5-8,11H2,1-2H3. The van der Waals surface area contributed by atoms with Gasteiger partial charge in [-0.15, -0.1) is 0 Å². The summed E-state index contributed by atoms with van der Waals surface area (Å²) in [6.45, 7) is 3.84. The lowest BCUT2D eigenvalue weighted by Crippen LogP contribution is -2.28. The van der Waals surface area contributed by atoms with E-state index in [0.29, 0.717) is 25.5 Å². The van der Waals surface area contributed by atoms with Gasteiger partial charge in [0.2, 0.25) is 10.0 Å². The van der Waals surface area contributed by atoms with Gasteiger partial charge in [-0.05, 0) is 30.7 Å². The lowest BCUT2D eigenvalue weighted by Gasteiger charge is -2.15. The summed E-state index contributed by atoms with van der Waals surface area (Å²) < 4.78 is 39.8. The average Bonchev–Trinajstić information content (AvgIpc) is 2.98. The molecule has 0 amide bonds. The largest absolute Gasteiger partial charge is 0.496 e. The molecule has 1 aromatic carbocycles. The van der Waals surface area contributed by atoms with E-state index in [-0.39, 0.29) is 11.4 Å². The zero-order valence-electron chi connectivity index (χ0n) is 13.8. The Morgan fingerprint density at radius 1 is 1.42 bits per heavy atom. The highest BCUT2D eigenvalue weighted by Crippen LogP contribution is 2.21. The minimum atomic E-state index is -3.55. The zero-order chi connectivity index (χ0) is 17.2. The van der Waals surface area contributed by atoms with Gasteiger partial charge in [-0.2, -0.15) is 5.10 Å². The van der Waals surface area contributed by atoms with Gasteiger partial charge in [0.25, 0.3) is 0 Å². The van der Waals surface area contributed by atoms with E-state index in [1.165, 1.54) is 0 Å². The Morgan fingerprint density at radius 2 is 2.25 bits per heavy atom. The molecule has 2 heterocycles. The number of nitrogens with one attached hydrogen (secondary N) is 1. The topological polar surface area (TPSA) is 82.5 Å². The molecule has 3 rings (SSSR count). The number of fused-ring (bicyclic) bond motifs is 1. The molecule has 2 aromatic rings. The van der Waals surface area contributed by atoms with Gasteiger partial charge in [0.15, 0.2) is 0 Å². The van der Waals surface area contributed by atoms with E-state index in [1.54, 1.807) is 31.5 Å². The van der Waals surface area contributed by atoms with Crippen LogP contribution in [0, 0.1) is 6.92 Å². The van der Waals surface area contributed by atoms with Gasteiger partial charge in [0.1, 0.15) is 5.75 Å². The van der Waals surface area contributed by atoms with Gasteiger partial charge in [-0.3, -0.25) is 4.68 Å². The molecule has 130 valence electrons. The normalized spacial score (nSPS) is 14.4. The summed E-state index contributed by atoms with van der Waals surface area (Å²) in [5.41, 5.74) is 2.98. The molecular formula is C16H21N3O4S. The Labute approximate surface area is 141 Å². The van der Waals surface area contributed by atoms with E-state index < -0.39 is 10.0 Å². The SMILES string of the molecule is COc1ccc(S(=O)(=O)NCCn2ncc3c2CCOC3)cc1C. The maximum absolute atomic E-state index is 12.4. The Balaban J connectivity index is 1.65. The maximum Gasteiger partial charge on any atom is 0.240 e. The van der Waals surface area contributed by atoms with Crippen molar-refractivity contribution >= 4 is 10.0 Å². The first-order valence-electron chi connectivity index (χ1n) is 7.77. The molecule has 0 saturated carbocycles. The monoisotopic (exact) mass is 351 g/mol. The van der Waals surface area contributed by atoms with Crippen LogP contribution < -0.4 is 9.46 Å². The van der Waals surface area contributed by atoms with Gasteiger partial charge in [0, 0.05) is 24.2 Å². The molecule has 0 spiro atoms. The summed E-state index contributed by atoms with van der Waals surface area (Å²) in [5, 5.41) is 4.31. The third-order valence-electron chi connectivity index (χ3n) is 4.07. The minimum Gasteiger partial charge on any atom is -0.496 e. The van der Waals surface area contributed by atoms with Crippen LogP contribution in [0.25, 0.3) is 0 Å². The predicted octanol–water partition coefficient (Wildman–Crippen LogP) is 1.25. The van der Waals surface area contributed by atoms with E-state index in [2.05, 4.69) is 9.82 Å². The lowest BCUT2D eigenvalue weighted by atomic mass is 10.2. The summed E-state index contributed by atoms with van der Waals surface area (Å²) >= 11 is 0. The Hall–Kier alpha value is -1.90. The Bertz CT molecular complexity index is 830. The van der Waals surface area contributed by atoms with Crippen LogP contribution in [0.4, 0.5) is 0 Å². The highest BCUT2D eigenvalue weighted by atomic mass is 32.2. The van der Waals surface area contributed by atoms with Crippen molar-refractivity contribution in [2.45, 2.75) is 31.4 Å². The van der Waals surface area contributed by atoms with Crippen LogP contribution in [-0.2, 0) is 34.3 Å². The second kappa shape index (κ2) is 6.92. The van der Waals surface area contributed by atoms with Gasteiger partial charge in [-0.25, -0.2) is 13.1 Å². The zero-order valence-corrected chi connectivity index (χ0v) is 14.6. The second-order valence-electron chi connectivity index (χ2n) is 5.67. The fourth-order valence-corrected chi connectivity index (χ4v) is 3.90. The van der Waals surface area contributed by atoms with E-state index in [4.69, 9.17) is 9.47 Å². The summed E-state index contributed by atoms with van der Waals surface area (Å²) in [4.78, 5) is 0.233. The van der Waals surface area contributed by atoms with E-state index in [1.807, 2.05) is 11.6 Å². The summed E-state index contributed by atoms with van der Waals surface area (Å²) in [5.74, 6) is 0.666. The van der Waals surface area contributed by atoms with Crippen LogP contribution in [0.5, 0.6) is 5.75 Å². The van der Waals surface area contributed by atoms with Crippen molar-refractivity contribution in [3.05, 3.63) is 41.2 Å². The quantitative estimate of drug-likeness (QED) is 0.847. The first-order chi connectivity index (χ1) is 11.5. The molecule has 1 aliphatic rings. The fourth-order valence-electron chi connectivity index (χ4n) is 2.79. The third-order valence-corrected chi connectivity index (χ3v) is 5.53. The average molecular weight is 351 g/mol. The van der Waals surface area contributed by atoms with Crippen LogP contribution in [-0.4, -0.2) is 38.5 Å². The lowest BCUT2D eigenvalue weighted by molar-refractivity contribution is 0.109. The number of methoxy groups -OCH3 is 1. The van der Waals surface area contributed by atoms with Crippen molar-refractivity contribution in [3.63, 3.8) is 0 Å². The highest BCUT2D eigenvalue weighted by molar-refractivity contribution is 7.89. The summed E-state index contributed by atoms with van der Waals surface area (Å²) in [6.07, 6.45) is 2.59. The molecule has 24 heavy (non-hydrogen) atoms. The van der Waals surface area contributed by atoms with E-state index in [9.17, 15) is 8.42 Å². The van der Waals surface area contributed by atoms with Crippen molar-refractivity contribution in [1.82, 2.24) is 14.5 Å². The Kier molecular flexibility index (Phi) is 4.88. The number of hydrogen-bond donors (Lipinski definition) is 1. The van der Waals surface area contributed by atoms with Crippen molar-refractivity contribution < 1.29 is 17.9 Å². The van der Waals surface area contributed by atoms with Crippen LogP contribution in [0.1, 0.15) is 16.8 Å². The number of aryl methyl sites for hydroxylation is 1. The Morgan fingerprint density at radius 3 is 3.00 bits per heavy atom. The van der Waals surface area contributed by atoms with Gasteiger partial charge in [-0.1, -0.05) is 0 Å². The van der Waals surface area contributed by atoms with Gasteiger partial charge >= 0.3 is 0 Å². The number of ether oxygens (including phenoxy) is 2. The van der Waals surface area contributed by atoms with Crippen molar-refractivity contribution in [1.29, 1.82) is 0 Å². The smallest absolute Gasteiger partial charge is 0.240 e. The first-order valence-corrected chi connectivity index (χ1v) is 9.25. The van der Waals surface area contributed by atoms with Crippen molar-refractivity contribution in [2.24, 2.45) is 0 Å². The van der Waals surface area contributed by atoms with Crippen molar-refractivity contribution in [3.8, 4) is 5.75 Å². The van der Waals surface area contributed by atoms with E-state index in [0.717, 1.165) is 23.2 Å². The third kappa shape index (κ3) is 3.45. The van der Waals surface area contributed by atoms with E-state index >= 15 is 0 Å². The highest BCUT2D eigenvalue weighted by Gasteiger charge is 2.17. The molecule has 7 nitrogen and oxygen atoms in total. The number of rotatable bonds is 6. The summed E-state index contributed by atoms with van der Waals surface area (Å²) in [7, 11) is -1.99. The fraction of sp³-hybridized carbons (Fsp3) is 0.438. The van der Waals surface area contributed by atoms with Gasteiger partial charge < -0.3 is 9.47 Å². The number of benzene rings is 1. The number of aromatic nitrogens is 2. The molecule has 1 N–H and O–H groups in total. The number of nitrogens with zero attached hydrogens (tertiary/aromatic N) is 2. The van der Waals surface area contributed by atoms with Crippen LogP contribution in [0.3, 0.4) is 0 Å². The molecular weight excluding hydrogens is 330 g/mol. The molecule has 1 aliphatic heterocycles. The van der Waals surface area contributed by atoms with Crippen LogP contribution >= 0.6 is 0 Å². The van der Waals surface area contributed by atoms with Crippen LogP contribution in [0.15, 0.2) is 29.3 Å². The molecule has 0 saturated heterocycles. The van der Waals surface area contributed by atoms with Crippen molar-refractivity contribution in [2.75, 3.05) is 20.3 Å². The summed E-state index contributed by atoms with van der Waals surface area (Å²) in [6, 6.07) is 4.81. The molecule has 0 unspecified atom stereocenters. The molecule has 0 aliphatic carbocycles. The molecule has 0 radical (unpaired) electrons.